The molecule has 0 fully saturated rings. The van der Waals surface area contributed by atoms with Gasteiger partial charge in [-0.3, -0.25) is 0 Å². The SMILES string of the molecule is CC(C)CCCCNc1ccc(N)cc1C#N. The molecule has 17 heavy (non-hydrogen) atoms. The molecule has 0 saturated heterocycles. The van der Waals surface area contributed by atoms with Crippen LogP contribution in [0.15, 0.2) is 18.2 Å². The molecule has 0 spiro atoms. The summed E-state index contributed by atoms with van der Waals surface area (Å²) < 4.78 is 0. The number of benzene rings is 1. The van der Waals surface area contributed by atoms with E-state index in [2.05, 4.69) is 25.2 Å². The van der Waals surface area contributed by atoms with Crippen molar-refractivity contribution in [2.75, 3.05) is 17.6 Å². The molecular weight excluding hydrogens is 210 g/mol. The van der Waals surface area contributed by atoms with Crippen LogP contribution in [0.1, 0.15) is 38.7 Å². The van der Waals surface area contributed by atoms with E-state index >= 15 is 0 Å². The topological polar surface area (TPSA) is 61.8 Å². The molecule has 0 bridgehead atoms. The third-order valence-corrected chi connectivity index (χ3v) is 2.69. The molecule has 0 amide bonds. The van der Waals surface area contributed by atoms with E-state index in [1.165, 1.54) is 12.8 Å². The molecule has 0 saturated carbocycles. The van der Waals surface area contributed by atoms with Gasteiger partial charge in [-0.15, -0.1) is 0 Å². The first-order chi connectivity index (χ1) is 8.13. The monoisotopic (exact) mass is 231 g/mol. The Labute approximate surface area is 104 Å². The Morgan fingerprint density at radius 1 is 1.35 bits per heavy atom. The Bertz CT molecular complexity index is 391. The lowest BCUT2D eigenvalue weighted by Crippen LogP contribution is -2.04. The molecule has 1 aromatic carbocycles. The van der Waals surface area contributed by atoms with Crippen molar-refractivity contribution >= 4 is 11.4 Å². The van der Waals surface area contributed by atoms with Crippen LogP contribution in [-0.2, 0) is 0 Å². The van der Waals surface area contributed by atoms with E-state index in [0.717, 1.165) is 24.6 Å². The molecule has 92 valence electrons. The van der Waals surface area contributed by atoms with Gasteiger partial charge in [-0.2, -0.15) is 5.26 Å². The van der Waals surface area contributed by atoms with Crippen LogP contribution in [-0.4, -0.2) is 6.54 Å². The van der Waals surface area contributed by atoms with E-state index in [1.807, 2.05) is 12.1 Å². The van der Waals surface area contributed by atoms with Gasteiger partial charge in [-0.05, 0) is 30.5 Å². The standard InChI is InChI=1S/C14H21N3/c1-11(2)5-3-4-8-17-14-7-6-13(16)9-12(14)10-15/h6-7,9,11,17H,3-5,8,16H2,1-2H3. The van der Waals surface area contributed by atoms with Crippen LogP contribution in [0.4, 0.5) is 11.4 Å². The van der Waals surface area contributed by atoms with Gasteiger partial charge >= 0.3 is 0 Å². The number of nitrogens with zero attached hydrogens (tertiary/aromatic N) is 1. The average Bonchev–Trinajstić information content (AvgIpc) is 2.29. The predicted octanol–water partition coefficient (Wildman–Crippen LogP) is 3.38. The van der Waals surface area contributed by atoms with E-state index in [9.17, 15) is 0 Å². The minimum absolute atomic E-state index is 0.619. The predicted molar refractivity (Wildman–Crippen MR) is 72.7 cm³/mol. The van der Waals surface area contributed by atoms with Crippen molar-refractivity contribution in [3.8, 4) is 6.07 Å². The van der Waals surface area contributed by atoms with Crippen LogP contribution >= 0.6 is 0 Å². The molecule has 0 heterocycles. The number of anilines is 2. The summed E-state index contributed by atoms with van der Waals surface area (Å²) in [4.78, 5) is 0. The van der Waals surface area contributed by atoms with Gasteiger partial charge < -0.3 is 11.1 Å². The van der Waals surface area contributed by atoms with Gasteiger partial charge in [0.1, 0.15) is 6.07 Å². The average molecular weight is 231 g/mol. The second-order valence-electron chi connectivity index (χ2n) is 4.73. The zero-order valence-corrected chi connectivity index (χ0v) is 10.7. The summed E-state index contributed by atoms with van der Waals surface area (Å²) in [6.45, 7) is 5.38. The molecule has 0 aliphatic heterocycles. The fraction of sp³-hybridized carbons (Fsp3) is 0.500. The maximum atomic E-state index is 8.97. The van der Waals surface area contributed by atoms with Gasteiger partial charge in [0.25, 0.3) is 0 Å². The van der Waals surface area contributed by atoms with E-state index in [-0.39, 0.29) is 0 Å². The van der Waals surface area contributed by atoms with Gasteiger partial charge in [0.2, 0.25) is 0 Å². The third-order valence-electron chi connectivity index (χ3n) is 2.69. The first-order valence-corrected chi connectivity index (χ1v) is 6.17. The summed E-state index contributed by atoms with van der Waals surface area (Å²) in [6.07, 6.45) is 3.61. The Morgan fingerprint density at radius 3 is 2.76 bits per heavy atom. The Hall–Kier alpha value is -1.69. The third kappa shape index (κ3) is 4.78. The number of hydrogen-bond acceptors (Lipinski definition) is 3. The second-order valence-corrected chi connectivity index (χ2v) is 4.73. The van der Waals surface area contributed by atoms with Crippen molar-refractivity contribution in [3.63, 3.8) is 0 Å². The number of unbranched alkanes of at least 4 members (excludes halogenated alkanes) is 1. The molecule has 1 aromatic rings. The highest BCUT2D eigenvalue weighted by Crippen LogP contribution is 2.18. The van der Waals surface area contributed by atoms with Crippen LogP contribution in [0.5, 0.6) is 0 Å². The normalized spacial score (nSPS) is 10.2. The summed E-state index contributed by atoms with van der Waals surface area (Å²) in [7, 11) is 0. The highest BCUT2D eigenvalue weighted by atomic mass is 14.9. The molecule has 0 unspecified atom stereocenters. The number of nitrogen functional groups attached to an aromatic ring is 1. The summed E-state index contributed by atoms with van der Waals surface area (Å²) in [6, 6.07) is 7.55. The van der Waals surface area contributed by atoms with Crippen LogP contribution in [0.3, 0.4) is 0 Å². The molecular formula is C14H21N3. The number of rotatable bonds is 6. The lowest BCUT2D eigenvalue weighted by molar-refractivity contribution is 0.545. The Morgan fingerprint density at radius 2 is 2.12 bits per heavy atom. The first kappa shape index (κ1) is 13.4. The smallest absolute Gasteiger partial charge is 0.101 e. The van der Waals surface area contributed by atoms with Crippen LogP contribution in [0, 0.1) is 17.2 Å². The highest BCUT2D eigenvalue weighted by molar-refractivity contribution is 5.62. The van der Waals surface area contributed by atoms with Crippen molar-refractivity contribution in [2.45, 2.75) is 33.1 Å². The van der Waals surface area contributed by atoms with Gasteiger partial charge in [-0.1, -0.05) is 26.7 Å². The number of nitrogens with two attached hydrogens (primary N) is 1. The Kier molecular flexibility index (Phi) is 5.35. The van der Waals surface area contributed by atoms with E-state index in [1.54, 1.807) is 6.07 Å². The quantitative estimate of drug-likeness (QED) is 0.582. The van der Waals surface area contributed by atoms with Crippen molar-refractivity contribution in [1.29, 1.82) is 5.26 Å². The second kappa shape index (κ2) is 6.80. The fourth-order valence-corrected chi connectivity index (χ4v) is 1.71. The van der Waals surface area contributed by atoms with E-state index < -0.39 is 0 Å². The maximum absolute atomic E-state index is 8.97. The van der Waals surface area contributed by atoms with Gasteiger partial charge in [0, 0.05) is 12.2 Å². The molecule has 3 nitrogen and oxygen atoms in total. The largest absolute Gasteiger partial charge is 0.399 e. The van der Waals surface area contributed by atoms with Crippen LogP contribution in [0.2, 0.25) is 0 Å². The summed E-state index contributed by atoms with van der Waals surface area (Å²) >= 11 is 0. The molecule has 3 heteroatoms. The minimum atomic E-state index is 0.619. The van der Waals surface area contributed by atoms with Crippen LogP contribution < -0.4 is 11.1 Å². The number of hydrogen-bond donors (Lipinski definition) is 2. The number of nitriles is 1. The highest BCUT2D eigenvalue weighted by Gasteiger charge is 2.01. The van der Waals surface area contributed by atoms with Gasteiger partial charge in [0.05, 0.1) is 11.3 Å². The summed E-state index contributed by atoms with van der Waals surface area (Å²) in [5, 5.41) is 12.3. The van der Waals surface area contributed by atoms with Crippen molar-refractivity contribution in [3.05, 3.63) is 23.8 Å². The lowest BCUT2D eigenvalue weighted by Gasteiger charge is -2.09. The lowest BCUT2D eigenvalue weighted by atomic mass is 10.1. The van der Waals surface area contributed by atoms with Gasteiger partial charge in [-0.25, -0.2) is 0 Å². The molecule has 3 N–H and O–H groups in total. The summed E-state index contributed by atoms with van der Waals surface area (Å²) in [5.74, 6) is 0.765. The van der Waals surface area contributed by atoms with Crippen molar-refractivity contribution in [1.82, 2.24) is 0 Å². The maximum Gasteiger partial charge on any atom is 0.101 e. The molecule has 1 rings (SSSR count). The van der Waals surface area contributed by atoms with Crippen LogP contribution in [0.25, 0.3) is 0 Å². The molecule has 0 aliphatic carbocycles. The zero-order valence-electron chi connectivity index (χ0n) is 10.7. The number of nitrogens with one attached hydrogen (secondary N) is 1. The fourth-order valence-electron chi connectivity index (χ4n) is 1.71. The Balaban J connectivity index is 2.39. The zero-order chi connectivity index (χ0) is 12.7. The van der Waals surface area contributed by atoms with Gasteiger partial charge in [0.15, 0.2) is 0 Å². The van der Waals surface area contributed by atoms with E-state index in [0.29, 0.717) is 11.3 Å². The van der Waals surface area contributed by atoms with E-state index in [4.69, 9.17) is 11.0 Å². The molecule has 0 radical (unpaired) electrons. The first-order valence-electron chi connectivity index (χ1n) is 6.17. The molecule has 0 atom stereocenters. The summed E-state index contributed by atoms with van der Waals surface area (Å²) in [5.41, 5.74) is 7.77. The van der Waals surface area contributed by atoms with Crippen molar-refractivity contribution in [2.24, 2.45) is 5.92 Å². The molecule has 0 aliphatic rings. The minimum Gasteiger partial charge on any atom is -0.399 e. The van der Waals surface area contributed by atoms with Crippen molar-refractivity contribution < 1.29 is 0 Å². The molecule has 0 aromatic heterocycles.